The highest BCUT2D eigenvalue weighted by Crippen LogP contribution is 2.40. The van der Waals surface area contributed by atoms with Crippen molar-refractivity contribution in [2.75, 3.05) is 47.5 Å². The molecule has 2 aliphatic heterocycles. The fourth-order valence-corrected chi connectivity index (χ4v) is 4.99. The number of rotatable bonds is 7. The molecule has 0 spiro atoms. The van der Waals surface area contributed by atoms with Crippen molar-refractivity contribution >= 4 is 17.5 Å². The van der Waals surface area contributed by atoms with Crippen LogP contribution in [-0.2, 0) is 17.8 Å². The number of amides is 1. The number of piperazine rings is 1. The van der Waals surface area contributed by atoms with E-state index in [1.54, 1.807) is 21.3 Å². The number of benzene rings is 2. The molecule has 2 aromatic carbocycles. The Bertz CT molecular complexity index is 1040. The highest BCUT2D eigenvalue weighted by molar-refractivity contribution is 6.30. The predicted molar refractivity (Wildman–Crippen MR) is 131 cm³/mol. The molecule has 1 atom stereocenters. The van der Waals surface area contributed by atoms with E-state index < -0.39 is 5.60 Å². The Balaban J connectivity index is 1.33. The maximum Gasteiger partial charge on any atom is 0.226 e. The first-order chi connectivity index (χ1) is 16.4. The Kier molecular flexibility index (Phi) is 7.43. The van der Waals surface area contributed by atoms with E-state index in [2.05, 4.69) is 4.90 Å². The molecule has 34 heavy (non-hydrogen) atoms. The molecule has 2 aromatic rings. The SMILES string of the molecule is COc1ccc(CN2CCN(C(=O)CC3(C)CCc4cc(Cl)ccc4O3)CC2)c(OC)c1OC. The Labute approximate surface area is 206 Å². The first-order valence-electron chi connectivity index (χ1n) is 11.6. The van der Waals surface area contributed by atoms with Gasteiger partial charge in [-0.05, 0) is 49.6 Å². The van der Waals surface area contributed by atoms with Crippen LogP contribution in [0.5, 0.6) is 23.0 Å². The third-order valence-electron chi connectivity index (χ3n) is 6.73. The molecule has 0 radical (unpaired) electrons. The molecule has 0 aromatic heterocycles. The highest BCUT2D eigenvalue weighted by atomic mass is 35.5. The summed E-state index contributed by atoms with van der Waals surface area (Å²) in [5.74, 6) is 2.90. The molecule has 0 aliphatic carbocycles. The van der Waals surface area contributed by atoms with Gasteiger partial charge in [0, 0.05) is 43.3 Å². The summed E-state index contributed by atoms with van der Waals surface area (Å²) in [5, 5.41) is 0.714. The quantitative estimate of drug-likeness (QED) is 0.582. The number of nitrogens with zero attached hydrogens (tertiary/aromatic N) is 2. The lowest BCUT2D eigenvalue weighted by atomic mass is 9.89. The number of fused-ring (bicyclic) bond motifs is 1. The van der Waals surface area contributed by atoms with Crippen molar-refractivity contribution in [1.29, 1.82) is 0 Å². The predicted octanol–water partition coefficient (Wildman–Crippen LogP) is 4.18. The molecule has 4 rings (SSSR count). The lowest BCUT2D eigenvalue weighted by molar-refractivity contribution is -0.137. The lowest BCUT2D eigenvalue weighted by Crippen LogP contribution is -2.50. The molecule has 184 valence electrons. The van der Waals surface area contributed by atoms with Gasteiger partial charge < -0.3 is 23.8 Å². The maximum atomic E-state index is 13.1. The number of hydrogen-bond acceptors (Lipinski definition) is 6. The van der Waals surface area contributed by atoms with Crippen LogP contribution in [0, 0.1) is 0 Å². The number of hydrogen-bond donors (Lipinski definition) is 0. The Morgan fingerprint density at radius 1 is 1.03 bits per heavy atom. The van der Waals surface area contributed by atoms with Crippen LogP contribution in [0.1, 0.15) is 30.9 Å². The standard InChI is InChI=1S/C26H33ClN2O5/c1-26(10-9-18-15-20(27)6-8-21(18)34-26)16-23(30)29-13-11-28(12-14-29)17-19-5-7-22(31-2)25(33-4)24(19)32-3/h5-8,15H,9-14,16-17H2,1-4H3. The van der Waals surface area contributed by atoms with Crippen LogP contribution in [0.25, 0.3) is 0 Å². The first kappa shape index (κ1) is 24.5. The minimum Gasteiger partial charge on any atom is -0.493 e. The van der Waals surface area contributed by atoms with Crippen molar-refractivity contribution < 1.29 is 23.7 Å². The van der Waals surface area contributed by atoms with Crippen LogP contribution >= 0.6 is 11.6 Å². The zero-order chi connectivity index (χ0) is 24.3. The smallest absolute Gasteiger partial charge is 0.226 e. The zero-order valence-corrected chi connectivity index (χ0v) is 21.1. The molecule has 1 amide bonds. The second-order valence-electron chi connectivity index (χ2n) is 9.13. The van der Waals surface area contributed by atoms with Crippen LogP contribution in [0.15, 0.2) is 30.3 Å². The van der Waals surface area contributed by atoms with Crippen LogP contribution in [-0.4, -0.2) is 68.8 Å². The normalized spacial score (nSPS) is 20.3. The average molecular weight is 489 g/mol. The summed E-state index contributed by atoms with van der Waals surface area (Å²) in [7, 11) is 4.86. The van der Waals surface area contributed by atoms with Crippen molar-refractivity contribution in [2.24, 2.45) is 0 Å². The van der Waals surface area contributed by atoms with Gasteiger partial charge in [-0.1, -0.05) is 17.7 Å². The topological polar surface area (TPSA) is 60.5 Å². The number of halogens is 1. The van der Waals surface area contributed by atoms with Crippen LogP contribution in [0.4, 0.5) is 0 Å². The molecule has 1 unspecified atom stereocenters. The van der Waals surface area contributed by atoms with Crippen LogP contribution in [0.2, 0.25) is 5.02 Å². The van der Waals surface area contributed by atoms with Gasteiger partial charge >= 0.3 is 0 Å². The van der Waals surface area contributed by atoms with Gasteiger partial charge in [0.2, 0.25) is 11.7 Å². The van der Waals surface area contributed by atoms with Gasteiger partial charge in [0.05, 0.1) is 27.8 Å². The molecule has 8 heteroatoms. The second-order valence-corrected chi connectivity index (χ2v) is 9.57. The molecular formula is C26H33ClN2O5. The van der Waals surface area contributed by atoms with E-state index in [0.29, 0.717) is 48.3 Å². The summed E-state index contributed by atoms with van der Waals surface area (Å²) in [4.78, 5) is 17.4. The number of methoxy groups -OCH3 is 3. The van der Waals surface area contributed by atoms with Gasteiger partial charge in [-0.2, -0.15) is 0 Å². The second kappa shape index (κ2) is 10.3. The number of carbonyl (C=O) groups is 1. The van der Waals surface area contributed by atoms with E-state index >= 15 is 0 Å². The summed E-state index contributed by atoms with van der Waals surface area (Å²) >= 11 is 6.10. The van der Waals surface area contributed by atoms with Gasteiger partial charge in [-0.3, -0.25) is 9.69 Å². The summed E-state index contributed by atoms with van der Waals surface area (Å²) < 4.78 is 22.8. The summed E-state index contributed by atoms with van der Waals surface area (Å²) in [6.07, 6.45) is 2.03. The third kappa shape index (κ3) is 5.20. The monoisotopic (exact) mass is 488 g/mol. The molecule has 0 N–H and O–H groups in total. The van der Waals surface area contributed by atoms with Gasteiger partial charge in [0.15, 0.2) is 11.5 Å². The van der Waals surface area contributed by atoms with Crippen LogP contribution in [0.3, 0.4) is 0 Å². The molecule has 0 saturated carbocycles. The maximum absolute atomic E-state index is 13.1. The lowest BCUT2D eigenvalue weighted by Gasteiger charge is -2.39. The van der Waals surface area contributed by atoms with E-state index in [4.69, 9.17) is 30.5 Å². The zero-order valence-electron chi connectivity index (χ0n) is 20.4. The Morgan fingerprint density at radius 3 is 2.44 bits per heavy atom. The molecule has 2 heterocycles. The highest BCUT2D eigenvalue weighted by Gasteiger charge is 2.36. The van der Waals surface area contributed by atoms with Gasteiger partial charge in [-0.15, -0.1) is 0 Å². The molecule has 0 bridgehead atoms. The fraction of sp³-hybridized carbons (Fsp3) is 0.500. The molecule has 7 nitrogen and oxygen atoms in total. The molecule has 1 fully saturated rings. The summed E-state index contributed by atoms with van der Waals surface area (Å²) in [5.41, 5.74) is 1.64. The van der Waals surface area contributed by atoms with E-state index in [-0.39, 0.29) is 5.91 Å². The fourth-order valence-electron chi connectivity index (χ4n) is 4.80. The average Bonchev–Trinajstić information content (AvgIpc) is 2.84. The molecule has 1 saturated heterocycles. The van der Waals surface area contributed by atoms with E-state index in [0.717, 1.165) is 42.8 Å². The van der Waals surface area contributed by atoms with Crippen molar-refractivity contribution in [3.05, 3.63) is 46.5 Å². The van der Waals surface area contributed by atoms with Crippen molar-refractivity contribution in [3.8, 4) is 23.0 Å². The van der Waals surface area contributed by atoms with Crippen molar-refractivity contribution in [1.82, 2.24) is 9.80 Å². The molecule has 2 aliphatic rings. The Morgan fingerprint density at radius 2 is 1.76 bits per heavy atom. The summed E-state index contributed by atoms with van der Waals surface area (Å²) in [6, 6.07) is 9.59. The summed E-state index contributed by atoms with van der Waals surface area (Å²) in [6.45, 7) is 5.71. The van der Waals surface area contributed by atoms with Crippen LogP contribution < -0.4 is 18.9 Å². The minimum absolute atomic E-state index is 0.142. The number of aryl methyl sites for hydroxylation is 1. The number of carbonyl (C=O) groups excluding carboxylic acids is 1. The third-order valence-corrected chi connectivity index (χ3v) is 6.97. The number of ether oxygens (including phenoxy) is 4. The van der Waals surface area contributed by atoms with Gasteiger partial charge in [0.25, 0.3) is 0 Å². The van der Waals surface area contributed by atoms with Crippen molar-refractivity contribution in [3.63, 3.8) is 0 Å². The van der Waals surface area contributed by atoms with E-state index in [1.165, 1.54) is 0 Å². The Hall–Kier alpha value is -2.64. The van der Waals surface area contributed by atoms with E-state index in [9.17, 15) is 4.79 Å². The largest absolute Gasteiger partial charge is 0.493 e. The van der Waals surface area contributed by atoms with Gasteiger partial charge in [0.1, 0.15) is 11.4 Å². The van der Waals surface area contributed by atoms with Crippen molar-refractivity contribution in [2.45, 2.75) is 38.3 Å². The molecular weight excluding hydrogens is 456 g/mol. The van der Waals surface area contributed by atoms with Gasteiger partial charge in [-0.25, -0.2) is 0 Å². The van der Waals surface area contributed by atoms with E-state index in [1.807, 2.05) is 42.2 Å². The first-order valence-corrected chi connectivity index (χ1v) is 12.0. The minimum atomic E-state index is -0.498.